The fourth-order valence-corrected chi connectivity index (χ4v) is 4.12. The largest absolute Gasteiger partial charge is 0.497 e. The molecule has 0 aliphatic rings. The summed E-state index contributed by atoms with van der Waals surface area (Å²) in [6.45, 7) is 0.854. The predicted octanol–water partition coefficient (Wildman–Crippen LogP) is 4.31. The first-order chi connectivity index (χ1) is 16.5. The topological polar surface area (TPSA) is 65.2 Å². The van der Waals surface area contributed by atoms with Gasteiger partial charge in [-0.1, -0.05) is 36.4 Å². The highest BCUT2D eigenvalue weighted by Crippen LogP contribution is 2.26. The lowest BCUT2D eigenvalue weighted by Crippen LogP contribution is -2.20. The molecule has 5 rings (SSSR count). The summed E-state index contributed by atoms with van der Waals surface area (Å²) in [5, 5.41) is 0. The number of methoxy groups -OCH3 is 1. The molecule has 34 heavy (non-hydrogen) atoms. The third-order valence-electron chi connectivity index (χ3n) is 5.78. The van der Waals surface area contributed by atoms with Gasteiger partial charge in [0, 0.05) is 12.2 Å². The molecule has 7 nitrogen and oxygen atoms in total. The molecule has 0 N–H and O–H groups in total. The highest BCUT2D eigenvalue weighted by atomic mass is 16.5. The predicted molar refractivity (Wildman–Crippen MR) is 134 cm³/mol. The Morgan fingerprint density at radius 2 is 1.44 bits per heavy atom. The van der Waals surface area contributed by atoms with Crippen molar-refractivity contribution in [2.24, 2.45) is 0 Å². The molecule has 0 radical (unpaired) electrons. The Balaban J connectivity index is 1.54. The second-order valence-corrected chi connectivity index (χ2v) is 8.35. The molecule has 0 atom stereocenters. The van der Waals surface area contributed by atoms with Crippen LogP contribution in [0.3, 0.4) is 0 Å². The van der Waals surface area contributed by atoms with E-state index in [0.717, 1.165) is 29.2 Å². The lowest BCUT2D eigenvalue weighted by Gasteiger charge is -2.15. The van der Waals surface area contributed by atoms with E-state index in [1.165, 1.54) is 17.5 Å². The lowest BCUT2D eigenvalue weighted by molar-refractivity contribution is 0.403. The number of fused-ring (bicyclic) bond motifs is 1. The Morgan fingerprint density at radius 1 is 0.824 bits per heavy atom. The molecular formula is C27H25N5O2. The Labute approximate surface area is 197 Å². The Kier molecular flexibility index (Phi) is 5.69. The van der Waals surface area contributed by atoms with E-state index in [4.69, 9.17) is 4.74 Å². The number of aromatic nitrogens is 4. The van der Waals surface area contributed by atoms with Gasteiger partial charge in [0.2, 0.25) is 0 Å². The minimum Gasteiger partial charge on any atom is -0.497 e. The van der Waals surface area contributed by atoms with Crippen LogP contribution in [0, 0.1) is 0 Å². The van der Waals surface area contributed by atoms with Gasteiger partial charge in [-0.25, -0.2) is 9.97 Å². The van der Waals surface area contributed by atoms with E-state index < -0.39 is 0 Å². The van der Waals surface area contributed by atoms with E-state index in [0.29, 0.717) is 11.2 Å². The van der Waals surface area contributed by atoms with Crippen LogP contribution in [0.2, 0.25) is 0 Å². The van der Waals surface area contributed by atoms with Gasteiger partial charge in [0.1, 0.15) is 18.4 Å². The number of imidazole rings is 1. The van der Waals surface area contributed by atoms with Gasteiger partial charge in [0.15, 0.2) is 11.2 Å². The van der Waals surface area contributed by atoms with E-state index in [2.05, 4.69) is 47.2 Å². The van der Waals surface area contributed by atoms with E-state index in [1.807, 2.05) is 54.6 Å². The second-order valence-electron chi connectivity index (χ2n) is 8.35. The molecule has 3 aromatic carbocycles. The first-order valence-corrected chi connectivity index (χ1v) is 11.0. The van der Waals surface area contributed by atoms with Crippen LogP contribution in [0.1, 0.15) is 5.56 Å². The molecular weight excluding hydrogens is 426 g/mol. The van der Waals surface area contributed by atoms with E-state index in [1.54, 1.807) is 22.6 Å². The monoisotopic (exact) mass is 451 g/mol. The number of ether oxygens (including phenoxy) is 1. The van der Waals surface area contributed by atoms with E-state index in [-0.39, 0.29) is 5.56 Å². The zero-order valence-electron chi connectivity index (χ0n) is 19.3. The van der Waals surface area contributed by atoms with Crippen LogP contribution < -0.4 is 10.3 Å². The van der Waals surface area contributed by atoms with E-state index >= 15 is 0 Å². The highest BCUT2D eigenvalue weighted by Gasteiger charge is 2.14. The van der Waals surface area contributed by atoms with Gasteiger partial charge in [0.25, 0.3) is 5.56 Å². The SMILES string of the molecule is COc1ccc(-n2cnc3ncn(-c4ccc(-c5ccccc5CN(C)C)cc4)c(=O)c32)cc1. The number of hydrogen-bond acceptors (Lipinski definition) is 5. The lowest BCUT2D eigenvalue weighted by atomic mass is 9.99. The van der Waals surface area contributed by atoms with Crippen molar-refractivity contribution < 1.29 is 4.74 Å². The Hall–Kier alpha value is -4.23. The maximum absolute atomic E-state index is 13.5. The molecule has 0 saturated heterocycles. The van der Waals surface area contributed by atoms with Crippen LogP contribution in [0.15, 0.2) is 90.2 Å². The summed E-state index contributed by atoms with van der Waals surface area (Å²) in [6, 6.07) is 23.8. The zero-order chi connectivity index (χ0) is 23.7. The van der Waals surface area contributed by atoms with Gasteiger partial charge in [0.05, 0.1) is 12.8 Å². The molecule has 2 aromatic heterocycles. The fourth-order valence-electron chi connectivity index (χ4n) is 4.12. The summed E-state index contributed by atoms with van der Waals surface area (Å²) >= 11 is 0. The smallest absolute Gasteiger partial charge is 0.284 e. The quantitative estimate of drug-likeness (QED) is 0.385. The van der Waals surface area contributed by atoms with Crippen molar-refractivity contribution in [3.05, 3.63) is 101 Å². The zero-order valence-corrected chi connectivity index (χ0v) is 19.3. The standard InChI is InChI=1S/C27H25N5O2/c1-30(2)16-20-6-4-5-7-24(20)19-8-10-22(11-9-19)32-18-29-26-25(27(32)33)31(17-28-26)21-12-14-23(34-3)15-13-21/h4-15,17-18H,16H2,1-3H3. The maximum Gasteiger partial charge on any atom is 0.284 e. The average Bonchev–Trinajstić information content (AvgIpc) is 3.30. The Morgan fingerprint density at radius 3 is 2.12 bits per heavy atom. The van der Waals surface area contributed by atoms with Gasteiger partial charge in [-0.3, -0.25) is 13.9 Å². The molecule has 0 amide bonds. The Bertz CT molecular complexity index is 1500. The summed E-state index contributed by atoms with van der Waals surface area (Å²) in [7, 11) is 5.74. The maximum atomic E-state index is 13.5. The van der Waals surface area contributed by atoms with Crippen LogP contribution in [-0.4, -0.2) is 45.2 Å². The molecule has 5 aromatic rings. The highest BCUT2D eigenvalue weighted by molar-refractivity contribution is 5.73. The van der Waals surface area contributed by atoms with Crippen molar-refractivity contribution in [1.29, 1.82) is 0 Å². The third kappa shape index (κ3) is 3.97. The van der Waals surface area contributed by atoms with Crippen LogP contribution in [0.25, 0.3) is 33.7 Å². The number of nitrogens with zero attached hydrogens (tertiary/aromatic N) is 5. The van der Waals surface area contributed by atoms with Gasteiger partial charge >= 0.3 is 0 Å². The summed E-state index contributed by atoms with van der Waals surface area (Å²) in [5.41, 5.74) is 5.75. The van der Waals surface area contributed by atoms with Crippen molar-refractivity contribution in [1.82, 2.24) is 24.0 Å². The normalized spacial score (nSPS) is 11.3. The van der Waals surface area contributed by atoms with Crippen LogP contribution in [0.5, 0.6) is 5.75 Å². The first kappa shape index (κ1) is 21.6. The second kappa shape index (κ2) is 8.96. The molecule has 170 valence electrons. The molecule has 2 heterocycles. The van der Waals surface area contributed by atoms with Gasteiger partial charge in [-0.2, -0.15) is 0 Å². The molecule has 7 heteroatoms. The summed E-state index contributed by atoms with van der Waals surface area (Å²) in [6.07, 6.45) is 3.15. The molecule has 0 fully saturated rings. The van der Waals surface area contributed by atoms with E-state index in [9.17, 15) is 4.79 Å². The summed E-state index contributed by atoms with van der Waals surface area (Å²) < 4.78 is 8.55. The van der Waals surface area contributed by atoms with Crippen molar-refractivity contribution in [2.45, 2.75) is 6.54 Å². The van der Waals surface area contributed by atoms with Crippen LogP contribution >= 0.6 is 0 Å². The minimum absolute atomic E-state index is 0.181. The summed E-state index contributed by atoms with van der Waals surface area (Å²) in [5.74, 6) is 0.746. The number of hydrogen-bond donors (Lipinski definition) is 0. The first-order valence-electron chi connectivity index (χ1n) is 11.0. The molecule has 0 bridgehead atoms. The van der Waals surface area contributed by atoms with Gasteiger partial charge in [-0.15, -0.1) is 0 Å². The molecule has 0 saturated carbocycles. The molecule has 0 aliphatic carbocycles. The van der Waals surface area contributed by atoms with Gasteiger partial charge in [-0.05, 0) is 67.2 Å². The van der Waals surface area contributed by atoms with Gasteiger partial charge < -0.3 is 9.64 Å². The molecule has 0 spiro atoms. The van der Waals surface area contributed by atoms with Crippen molar-refractivity contribution in [3.8, 4) is 28.3 Å². The minimum atomic E-state index is -0.181. The number of benzene rings is 3. The van der Waals surface area contributed by atoms with Crippen molar-refractivity contribution in [3.63, 3.8) is 0 Å². The molecule has 0 aliphatic heterocycles. The third-order valence-corrected chi connectivity index (χ3v) is 5.78. The fraction of sp³-hybridized carbons (Fsp3) is 0.148. The van der Waals surface area contributed by atoms with Crippen molar-refractivity contribution in [2.75, 3.05) is 21.2 Å². The number of rotatable bonds is 6. The van der Waals surface area contributed by atoms with Crippen LogP contribution in [-0.2, 0) is 6.54 Å². The molecule has 0 unspecified atom stereocenters. The van der Waals surface area contributed by atoms with Crippen LogP contribution in [0.4, 0.5) is 0 Å². The average molecular weight is 452 g/mol. The van der Waals surface area contributed by atoms with Crippen molar-refractivity contribution >= 4 is 11.2 Å². The summed E-state index contributed by atoms with van der Waals surface area (Å²) in [4.78, 5) is 24.4.